The van der Waals surface area contributed by atoms with Gasteiger partial charge in [0.15, 0.2) is 11.6 Å². The number of aliphatic hydroxyl groups excluding tert-OH is 1. The smallest absolute Gasteiger partial charge is 0.393 e. The van der Waals surface area contributed by atoms with Crippen LogP contribution >= 0.6 is 7.82 Å². The standard InChI is InChI=1S/C21H29O8P.2Na/c1-19-7-5-13(22)9-12(19)3-4-14-15-6-8-21(25,17(24)11-29-30(26,27)28)20(15,2)10-16(23)18(14)19;;/h5,7,9,14-16,18,23,25H,3-4,6,8,10-11H2,1-2H3,(H2,26,27,28);;/q;2*+1/t14?,15?,16-,18?,19-,20-,21-;;/m0../s1. The number of phosphoric ester groups is 1. The van der Waals surface area contributed by atoms with Crippen molar-refractivity contribution in [3.8, 4) is 0 Å². The monoisotopic (exact) mass is 486 g/mol. The van der Waals surface area contributed by atoms with Crippen LogP contribution in [0.25, 0.3) is 0 Å². The Hall–Kier alpha value is 0.850. The van der Waals surface area contributed by atoms with Crippen molar-refractivity contribution in [3.05, 3.63) is 23.8 Å². The molecule has 0 aliphatic heterocycles. The molecule has 3 fully saturated rings. The molecule has 32 heavy (non-hydrogen) atoms. The zero-order chi connectivity index (χ0) is 22.1. The summed E-state index contributed by atoms with van der Waals surface area (Å²) in [6, 6.07) is 0. The van der Waals surface area contributed by atoms with E-state index in [0.29, 0.717) is 6.42 Å². The molecule has 4 rings (SSSR count). The van der Waals surface area contributed by atoms with Crippen LogP contribution in [-0.2, 0) is 18.7 Å². The van der Waals surface area contributed by atoms with Crippen LogP contribution in [0.4, 0.5) is 0 Å². The van der Waals surface area contributed by atoms with Crippen molar-refractivity contribution < 1.29 is 97.8 Å². The van der Waals surface area contributed by atoms with E-state index in [1.165, 1.54) is 0 Å². The predicted molar refractivity (Wildman–Crippen MR) is 106 cm³/mol. The van der Waals surface area contributed by atoms with Gasteiger partial charge in [0.25, 0.3) is 0 Å². The second-order valence-corrected chi connectivity index (χ2v) is 11.0. The van der Waals surface area contributed by atoms with Crippen LogP contribution in [0.5, 0.6) is 0 Å². The Labute approximate surface area is 232 Å². The number of ketones is 2. The van der Waals surface area contributed by atoms with E-state index in [-0.39, 0.29) is 95.5 Å². The van der Waals surface area contributed by atoms with Crippen molar-refractivity contribution in [2.45, 2.75) is 57.7 Å². The molecule has 11 heteroatoms. The molecule has 0 aromatic rings. The van der Waals surface area contributed by atoms with Crippen LogP contribution in [0.3, 0.4) is 0 Å². The zero-order valence-electron chi connectivity index (χ0n) is 19.2. The molecular formula is C21H29Na2O8P+2. The molecule has 4 N–H and O–H groups in total. The number of Topliss-reactive ketones (excluding diaryl/α,β-unsaturated/α-hetero) is 1. The zero-order valence-corrected chi connectivity index (χ0v) is 24.0. The Balaban J connectivity index is 0.00000181. The fourth-order valence-electron chi connectivity index (χ4n) is 7.05. The van der Waals surface area contributed by atoms with Crippen LogP contribution < -0.4 is 59.1 Å². The van der Waals surface area contributed by atoms with E-state index in [4.69, 9.17) is 9.79 Å². The van der Waals surface area contributed by atoms with Crippen LogP contribution in [0.1, 0.15) is 46.0 Å². The molecule has 0 heterocycles. The van der Waals surface area contributed by atoms with Gasteiger partial charge >= 0.3 is 66.9 Å². The van der Waals surface area contributed by atoms with Gasteiger partial charge in [0.2, 0.25) is 0 Å². The summed E-state index contributed by atoms with van der Waals surface area (Å²) >= 11 is 0. The van der Waals surface area contributed by atoms with Crippen molar-refractivity contribution in [1.82, 2.24) is 0 Å². The molecule has 166 valence electrons. The summed E-state index contributed by atoms with van der Waals surface area (Å²) in [5, 5.41) is 22.6. The Morgan fingerprint density at radius 1 is 1.25 bits per heavy atom. The van der Waals surface area contributed by atoms with E-state index in [0.717, 1.165) is 18.4 Å². The first-order valence-corrected chi connectivity index (χ1v) is 11.9. The van der Waals surface area contributed by atoms with Crippen LogP contribution in [-0.4, -0.2) is 49.9 Å². The first kappa shape index (κ1) is 29.1. The van der Waals surface area contributed by atoms with Crippen molar-refractivity contribution in [3.63, 3.8) is 0 Å². The molecule has 0 bridgehead atoms. The van der Waals surface area contributed by atoms with Gasteiger partial charge in [0.1, 0.15) is 12.2 Å². The number of carbonyl (C=O) groups is 2. The Morgan fingerprint density at radius 2 is 1.91 bits per heavy atom. The van der Waals surface area contributed by atoms with Gasteiger partial charge in [-0.05, 0) is 56.1 Å². The Bertz CT molecular complexity index is 900. The van der Waals surface area contributed by atoms with Gasteiger partial charge in [-0.1, -0.05) is 25.5 Å². The molecular weight excluding hydrogens is 457 g/mol. The Morgan fingerprint density at radius 3 is 2.53 bits per heavy atom. The number of rotatable bonds is 4. The molecule has 4 aliphatic rings. The summed E-state index contributed by atoms with van der Waals surface area (Å²) in [7, 11) is -4.84. The summed E-state index contributed by atoms with van der Waals surface area (Å²) in [6.07, 6.45) is 6.76. The maximum Gasteiger partial charge on any atom is 1.00 e. The SMILES string of the molecule is C[C@]12C=CC(=O)C=C1CCC1C2[C@@H](O)C[C@@]2(C)C1CC[C@]2(O)C(=O)COP(=O)(O)O.[Na+].[Na+]. The van der Waals surface area contributed by atoms with Crippen LogP contribution in [0.2, 0.25) is 0 Å². The second-order valence-electron chi connectivity index (χ2n) is 9.80. The average molecular weight is 486 g/mol. The summed E-state index contributed by atoms with van der Waals surface area (Å²) in [6.45, 7) is 2.97. The van der Waals surface area contributed by atoms with Gasteiger partial charge in [0, 0.05) is 16.7 Å². The number of fused-ring (bicyclic) bond motifs is 5. The van der Waals surface area contributed by atoms with Gasteiger partial charge in [-0.2, -0.15) is 0 Å². The molecule has 3 saturated carbocycles. The molecule has 0 saturated heterocycles. The number of carbonyl (C=O) groups excluding carboxylic acids is 2. The minimum absolute atomic E-state index is 0. The molecule has 0 amide bonds. The number of phosphoric acid groups is 1. The van der Waals surface area contributed by atoms with Gasteiger partial charge in [-0.15, -0.1) is 0 Å². The maximum atomic E-state index is 12.8. The minimum Gasteiger partial charge on any atom is -0.393 e. The summed E-state index contributed by atoms with van der Waals surface area (Å²) in [5.74, 6) is -0.888. The first-order valence-electron chi connectivity index (χ1n) is 10.4. The molecule has 3 unspecified atom stereocenters. The van der Waals surface area contributed by atoms with Gasteiger partial charge in [-0.25, -0.2) is 4.57 Å². The third-order valence-corrected chi connectivity index (χ3v) is 8.94. The predicted octanol–water partition coefficient (Wildman–Crippen LogP) is -4.32. The summed E-state index contributed by atoms with van der Waals surface area (Å²) < 4.78 is 15.4. The number of hydrogen-bond donors (Lipinski definition) is 4. The van der Waals surface area contributed by atoms with Crippen LogP contribution in [0.15, 0.2) is 23.8 Å². The molecule has 0 radical (unpaired) electrons. The number of aliphatic hydroxyl groups is 2. The molecule has 8 nitrogen and oxygen atoms in total. The third-order valence-electron chi connectivity index (χ3n) is 8.47. The van der Waals surface area contributed by atoms with Crippen LogP contribution in [0, 0.1) is 28.6 Å². The van der Waals surface area contributed by atoms with Crippen molar-refractivity contribution >= 4 is 19.4 Å². The van der Waals surface area contributed by atoms with Gasteiger partial charge in [0.05, 0.1) is 6.10 Å². The number of allylic oxidation sites excluding steroid dienone is 4. The summed E-state index contributed by atoms with van der Waals surface area (Å²) in [4.78, 5) is 42.5. The molecule has 0 aromatic carbocycles. The van der Waals surface area contributed by atoms with E-state index < -0.39 is 42.7 Å². The van der Waals surface area contributed by atoms with E-state index >= 15 is 0 Å². The minimum atomic E-state index is -4.84. The van der Waals surface area contributed by atoms with E-state index in [1.807, 2.05) is 13.0 Å². The Kier molecular flexibility index (Phi) is 8.83. The van der Waals surface area contributed by atoms with Crippen molar-refractivity contribution in [2.75, 3.05) is 6.61 Å². The van der Waals surface area contributed by atoms with E-state index in [2.05, 4.69) is 4.52 Å². The largest absolute Gasteiger partial charge is 1.00 e. The molecule has 4 aliphatic carbocycles. The number of hydrogen-bond acceptors (Lipinski definition) is 6. The van der Waals surface area contributed by atoms with Gasteiger partial charge < -0.3 is 20.0 Å². The van der Waals surface area contributed by atoms with Gasteiger partial charge in [-0.3, -0.25) is 14.1 Å². The van der Waals surface area contributed by atoms with Crippen molar-refractivity contribution in [1.29, 1.82) is 0 Å². The molecule has 0 spiro atoms. The maximum absolute atomic E-state index is 12.8. The van der Waals surface area contributed by atoms with E-state index in [1.54, 1.807) is 19.1 Å². The summed E-state index contributed by atoms with van der Waals surface area (Å²) in [5.41, 5.74) is -2.15. The topological polar surface area (TPSA) is 141 Å². The quantitative estimate of drug-likeness (QED) is 0.231. The first-order chi connectivity index (χ1) is 13.8. The van der Waals surface area contributed by atoms with Crippen molar-refractivity contribution in [2.24, 2.45) is 28.6 Å². The normalized spacial score (nSPS) is 42.6. The fourth-order valence-corrected chi connectivity index (χ4v) is 7.34. The van der Waals surface area contributed by atoms with E-state index in [9.17, 15) is 24.4 Å². The molecule has 7 atom stereocenters. The fraction of sp³-hybridized carbons (Fsp3) is 0.714. The average Bonchev–Trinajstić information content (AvgIpc) is 2.91. The second kappa shape index (κ2) is 9.72. The molecule has 0 aromatic heterocycles. The third kappa shape index (κ3) is 4.54.